The summed E-state index contributed by atoms with van der Waals surface area (Å²) in [5.74, 6) is 0. The third-order valence-electron chi connectivity index (χ3n) is 4.59. The van der Waals surface area contributed by atoms with Crippen molar-refractivity contribution < 1.29 is 9.84 Å². The van der Waals surface area contributed by atoms with Gasteiger partial charge in [-0.15, -0.1) is 0 Å². The topological polar surface area (TPSA) is 66.7 Å². The highest BCUT2D eigenvalue weighted by molar-refractivity contribution is 5.41. The molecule has 1 N–H and O–H groups in total. The van der Waals surface area contributed by atoms with Crippen molar-refractivity contribution in [1.82, 2.24) is 24.6 Å². The molecule has 3 rings (SSSR count). The molecule has 7 nitrogen and oxygen atoms in total. The molecule has 2 heterocycles. The van der Waals surface area contributed by atoms with Crippen LogP contribution in [-0.2, 0) is 11.3 Å². The Balaban J connectivity index is 1.60. The number of hydrogen-bond acceptors (Lipinski definition) is 6. The van der Waals surface area contributed by atoms with Crippen molar-refractivity contribution in [2.75, 3.05) is 52.5 Å². The van der Waals surface area contributed by atoms with E-state index >= 15 is 0 Å². The summed E-state index contributed by atoms with van der Waals surface area (Å²) in [6, 6.07) is 6.40. The number of aliphatic hydroxyl groups excluding tert-OH is 1. The number of benzene rings is 1. The molecule has 1 aliphatic heterocycles. The van der Waals surface area contributed by atoms with Crippen LogP contribution in [0.5, 0.6) is 0 Å². The standard InChI is InChI=1S/C18H27N5O2/c1-16-12-17(2-3-18(16)23-15-19-14-20-23)13-22(6-9-24)5-4-21-7-10-25-11-8-21/h2-3,12,14-15,24H,4-11,13H2,1H3. The summed E-state index contributed by atoms with van der Waals surface area (Å²) in [4.78, 5) is 8.73. The highest BCUT2D eigenvalue weighted by Gasteiger charge is 2.13. The van der Waals surface area contributed by atoms with E-state index in [4.69, 9.17) is 4.74 Å². The molecule has 1 fully saturated rings. The van der Waals surface area contributed by atoms with Crippen molar-refractivity contribution in [2.24, 2.45) is 0 Å². The fraction of sp³-hybridized carbons (Fsp3) is 0.556. The van der Waals surface area contributed by atoms with Crippen LogP contribution in [0, 0.1) is 6.92 Å². The van der Waals surface area contributed by atoms with Gasteiger partial charge in [-0.1, -0.05) is 12.1 Å². The van der Waals surface area contributed by atoms with Gasteiger partial charge in [0, 0.05) is 39.3 Å². The second-order valence-electron chi connectivity index (χ2n) is 6.41. The van der Waals surface area contributed by atoms with Crippen LogP contribution >= 0.6 is 0 Å². The smallest absolute Gasteiger partial charge is 0.138 e. The van der Waals surface area contributed by atoms with E-state index in [0.717, 1.165) is 51.6 Å². The Bertz CT molecular complexity index is 641. The van der Waals surface area contributed by atoms with Gasteiger partial charge in [0.25, 0.3) is 0 Å². The first-order valence-corrected chi connectivity index (χ1v) is 8.84. The summed E-state index contributed by atoms with van der Waals surface area (Å²) in [5, 5.41) is 13.6. The molecule has 25 heavy (non-hydrogen) atoms. The molecule has 0 aliphatic carbocycles. The van der Waals surface area contributed by atoms with Crippen LogP contribution < -0.4 is 0 Å². The zero-order valence-corrected chi connectivity index (χ0v) is 14.8. The van der Waals surface area contributed by atoms with Crippen molar-refractivity contribution in [3.05, 3.63) is 42.0 Å². The zero-order chi connectivity index (χ0) is 17.5. The predicted octanol–water partition coefficient (Wildman–Crippen LogP) is 0.702. The molecular formula is C18H27N5O2. The second-order valence-corrected chi connectivity index (χ2v) is 6.41. The number of rotatable bonds is 8. The normalized spacial score (nSPS) is 15.8. The molecule has 0 bridgehead atoms. The minimum absolute atomic E-state index is 0.180. The number of aryl methyl sites for hydroxylation is 1. The van der Waals surface area contributed by atoms with Crippen molar-refractivity contribution in [3.8, 4) is 5.69 Å². The molecule has 0 saturated carbocycles. The van der Waals surface area contributed by atoms with E-state index in [0.29, 0.717) is 6.54 Å². The summed E-state index contributed by atoms with van der Waals surface area (Å²) in [6.45, 7) is 9.40. The largest absolute Gasteiger partial charge is 0.395 e. The van der Waals surface area contributed by atoms with Gasteiger partial charge in [-0.25, -0.2) is 9.67 Å². The summed E-state index contributed by atoms with van der Waals surface area (Å²) < 4.78 is 7.18. The van der Waals surface area contributed by atoms with E-state index in [1.54, 1.807) is 17.3 Å². The van der Waals surface area contributed by atoms with E-state index in [9.17, 15) is 5.11 Å². The maximum Gasteiger partial charge on any atom is 0.138 e. The molecule has 0 spiro atoms. The van der Waals surface area contributed by atoms with Crippen LogP contribution in [0.25, 0.3) is 5.69 Å². The lowest BCUT2D eigenvalue weighted by atomic mass is 10.1. The van der Waals surface area contributed by atoms with E-state index in [-0.39, 0.29) is 6.61 Å². The molecule has 1 aliphatic rings. The lowest BCUT2D eigenvalue weighted by Crippen LogP contribution is -2.41. The fourth-order valence-corrected chi connectivity index (χ4v) is 3.18. The first kappa shape index (κ1) is 18.0. The van der Waals surface area contributed by atoms with Gasteiger partial charge in [-0.05, 0) is 24.1 Å². The minimum atomic E-state index is 0.180. The molecule has 1 saturated heterocycles. The van der Waals surface area contributed by atoms with Crippen LogP contribution in [0.2, 0.25) is 0 Å². The number of aliphatic hydroxyl groups is 1. The van der Waals surface area contributed by atoms with Gasteiger partial charge in [-0.2, -0.15) is 5.10 Å². The van der Waals surface area contributed by atoms with Gasteiger partial charge in [-0.3, -0.25) is 9.80 Å². The lowest BCUT2D eigenvalue weighted by Gasteiger charge is -2.30. The van der Waals surface area contributed by atoms with Crippen molar-refractivity contribution >= 4 is 0 Å². The van der Waals surface area contributed by atoms with Gasteiger partial charge >= 0.3 is 0 Å². The van der Waals surface area contributed by atoms with Gasteiger partial charge in [0.05, 0.1) is 25.5 Å². The lowest BCUT2D eigenvalue weighted by molar-refractivity contribution is 0.0320. The van der Waals surface area contributed by atoms with Crippen molar-refractivity contribution in [2.45, 2.75) is 13.5 Å². The quantitative estimate of drug-likeness (QED) is 0.760. The Hall–Kier alpha value is -1.80. The van der Waals surface area contributed by atoms with Gasteiger partial charge in [0.1, 0.15) is 12.7 Å². The van der Waals surface area contributed by atoms with E-state index in [2.05, 4.69) is 45.0 Å². The van der Waals surface area contributed by atoms with Crippen LogP contribution in [-0.4, -0.2) is 82.2 Å². The molecule has 0 radical (unpaired) electrons. The van der Waals surface area contributed by atoms with E-state index in [1.165, 1.54) is 11.1 Å². The summed E-state index contributed by atoms with van der Waals surface area (Å²) in [6.07, 6.45) is 3.25. The molecule has 0 amide bonds. The first-order chi connectivity index (χ1) is 12.3. The monoisotopic (exact) mass is 345 g/mol. The number of aromatic nitrogens is 3. The van der Waals surface area contributed by atoms with Crippen LogP contribution in [0.4, 0.5) is 0 Å². The Kier molecular flexibility index (Phi) is 6.52. The van der Waals surface area contributed by atoms with Gasteiger partial charge in [0.15, 0.2) is 0 Å². The Morgan fingerprint density at radius 3 is 2.76 bits per heavy atom. The third kappa shape index (κ3) is 5.09. The maximum atomic E-state index is 9.38. The average molecular weight is 345 g/mol. The number of nitrogens with zero attached hydrogens (tertiary/aromatic N) is 5. The Morgan fingerprint density at radius 1 is 1.24 bits per heavy atom. The number of hydrogen-bond donors (Lipinski definition) is 1. The Morgan fingerprint density at radius 2 is 2.08 bits per heavy atom. The van der Waals surface area contributed by atoms with E-state index < -0.39 is 0 Å². The predicted molar refractivity (Wildman–Crippen MR) is 95.7 cm³/mol. The molecule has 0 atom stereocenters. The zero-order valence-electron chi connectivity index (χ0n) is 14.8. The van der Waals surface area contributed by atoms with E-state index in [1.807, 2.05) is 0 Å². The SMILES string of the molecule is Cc1cc(CN(CCO)CCN2CCOCC2)ccc1-n1cncn1. The average Bonchev–Trinajstić information content (AvgIpc) is 3.15. The van der Waals surface area contributed by atoms with Crippen molar-refractivity contribution in [1.29, 1.82) is 0 Å². The number of ether oxygens (including phenoxy) is 1. The maximum absolute atomic E-state index is 9.38. The third-order valence-corrected chi connectivity index (χ3v) is 4.59. The molecular weight excluding hydrogens is 318 g/mol. The van der Waals surface area contributed by atoms with Gasteiger partial charge in [0.2, 0.25) is 0 Å². The van der Waals surface area contributed by atoms with Crippen LogP contribution in [0.3, 0.4) is 0 Å². The highest BCUT2D eigenvalue weighted by Crippen LogP contribution is 2.16. The Labute approximate surface area is 148 Å². The van der Waals surface area contributed by atoms with Crippen LogP contribution in [0.15, 0.2) is 30.9 Å². The fourth-order valence-electron chi connectivity index (χ4n) is 3.18. The second kappa shape index (κ2) is 9.05. The minimum Gasteiger partial charge on any atom is -0.395 e. The molecule has 7 heteroatoms. The van der Waals surface area contributed by atoms with Crippen LogP contribution in [0.1, 0.15) is 11.1 Å². The summed E-state index contributed by atoms with van der Waals surface area (Å²) in [7, 11) is 0. The summed E-state index contributed by atoms with van der Waals surface area (Å²) in [5.41, 5.74) is 3.46. The molecule has 1 aromatic heterocycles. The first-order valence-electron chi connectivity index (χ1n) is 8.84. The molecule has 1 aromatic carbocycles. The van der Waals surface area contributed by atoms with Gasteiger partial charge < -0.3 is 9.84 Å². The molecule has 136 valence electrons. The molecule has 0 unspecified atom stereocenters. The van der Waals surface area contributed by atoms with Crippen molar-refractivity contribution in [3.63, 3.8) is 0 Å². The molecule has 2 aromatic rings. The highest BCUT2D eigenvalue weighted by atomic mass is 16.5. The number of morpholine rings is 1. The summed E-state index contributed by atoms with van der Waals surface area (Å²) >= 11 is 0.